The first-order valence-corrected chi connectivity index (χ1v) is 7.62. The van der Waals surface area contributed by atoms with Gasteiger partial charge in [0.15, 0.2) is 0 Å². The molecule has 108 valence electrons. The fraction of sp³-hybridized carbons (Fsp3) is 0.818. The van der Waals surface area contributed by atoms with Crippen LogP contribution in [0.1, 0.15) is 12.8 Å². The molecule has 19 heavy (non-hydrogen) atoms. The normalized spacial score (nSPS) is 18.8. The molecule has 0 aromatic heterocycles. The number of carbonyl (C=O) groups is 1. The number of hydrogen-bond acceptors (Lipinski definition) is 5. The average molecular weight is 289 g/mol. The van der Waals surface area contributed by atoms with Crippen LogP contribution in [-0.2, 0) is 19.6 Å². The van der Waals surface area contributed by atoms with Gasteiger partial charge in [-0.1, -0.05) is 0 Å². The number of nitrogens with zero attached hydrogens (tertiary/aromatic N) is 2. The molecular formula is C11H19N3O4S. The van der Waals surface area contributed by atoms with Gasteiger partial charge in [0.2, 0.25) is 15.9 Å². The SMILES string of the molecule is CN(C)S(=O)(=O)CCNC(=O)C1(C#N)CCOCC1. The lowest BCUT2D eigenvalue weighted by atomic mass is 9.81. The molecule has 0 saturated carbocycles. The number of carbonyl (C=O) groups excluding carboxylic acids is 1. The largest absolute Gasteiger partial charge is 0.381 e. The van der Waals surface area contributed by atoms with Gasteiger partial charge in [-0.25, -0.2) is 12.7 Å². The van der Waals surface area contributed by atoms with Crippen molar-refractivity contribution in [2.75, 3.05) is 39.6 Å². The molecule has 1 aliphatic rings. The second-order valence-corrected chi connectivity index (χ2v) is 6.96. The van der Waals surface area contributed by atoms with Crippen LogP contribution >= 0.6 is 0 Å². The Bertz CT molecular complexity index is 461. The summed E-state index contributed by atoms with van der Waals surface area (Å²) in [5.74, 6) is -0.587. The quantitative estimate of drug-likeness (QED) is 0.722. The van der Waals surface area contributed by atoms with Crippen molar-refractivity contribution in [2.24, 2.45) is 5.41 Å². The number of amides is 1. The Kier molecular flexibility index (Phi) is 5.29. The maximum atomic E-state index is 12.0. The molecule has 1 amide bonds. The van der Waals surface area contributed by atoms with Gasteiger partial charge >= 0.3 is 0 Å². The molecule has 1 fully saturated rings. The standard InChI is InChI=1S/C11H19N3O4S/c1-14(2)19(16,17)8-5-13-10(15)11(9-12)3-6-18-7-4-11/h3-8H2,1-2H3,(H,13,15). The highest BCUT2D eigenvalue weighted by Gasteiger charge is 2.40. The Morgan fingerprint density at radius 3 is 2.47 bits per heavy atom. The molecule has 1 saturated heterocycles. The van der Waals surface area contributed by atoms with Crippen LogP contribution in [0.5, 0.6) is 0 Å². The summed E-state index contributed by atoms with van der Waals surface area (Å²) in [5.41, 5.74) is -1.08. The van der Waals surface area contributed by atoms with Gasteiger partial charge in [0, 0.05) is 33.9 Å². The maximum Gasteiger partial charge on any atom is 0.240 e. The van der Waals surface area contributed by atoms with E-state index < -0.39 is 21.3 Å². The monoisotopic (exact) mass is 289 g/mol. The molecular weight excluding hydrogens is 270 g/mol. The van der Waals surface area contributed by atoms with E-state index in [0.717, 1.165) is 4.31 Å². The van der Waals surface area contributed by atoms with E-state index in [9.17, 15) is 13.2 Å². The molecule has 7 nitrogen and oxygen atoms in total. The minimum atomic E-state index is -3.34. The van der Waals surface area contributed by atoms with Gasteiger partial charge in [0.05, 0.1) is 11.8 Å². The van der Waals surface area contributed by atoms with E-state index in [1.165, 1.54) is 14.1 Å². The van der Waals surface area contributed by atoms with Crippen LogP contribution in [0.15, 0.2) is 0 Å². The molecule has 1 rings (SSSR count). The Balaban J connectivity index is 2.54. The third-order valence-electron chi connectivity index (χ3n) is 3.20. The summed E-state index contributed by atoms with van der Waals surface area (Å²) in [6.45, 7) is 0.748. The van der Waals surface area contributed by atoms with Crippen molar-refractivity contribution in [3.8, 4) is 6.07 Å². The second-order valence-electron chi connectivity index (χ2n) is 4.66. The number of sulfonamides is 1. The van der Waals surface area contributed by atoms with Crippen molar-refractivity contribution in [3.05, 3.63) is 0 Å². The van der Waals surface area contributed by atoms with E-state index in [1.54, 1.807) is 0 Å². The van der Waals surface area contributed by atoms with Crippen LogP contribution in [-0.4, -0.2) is 58.2 Å². The number of nitrogens with one attached hydrogen (secondary N) is 1. The lowest BCUT2D eigenvalue weighted by Gasteiger charge is -2.29. The molecule has 0 aromatic carbocycles. The van der Waals surface area contributed by atoms with Crippen LogP contribution in [0.25, 0.3) is 0 Å². The van der Waals surface area contributed by atoms with Gasteiger partial charge in [-0.05, 0) is 12.8 Å². The number of nitriles is 1. The molecule has 0 spiro atoms. The first-order valence-electron chi connectivity index (χ1n) is 6.01. The molecule has 0 atom stereocenters. The molecule has 1 aliphatic heterocycles. The molecule has 1 N–H and O–H groups in total. The third-order valence-corrected chi connectivity index (χ3v) is 5.03. The molecule has 0 bridgehead atoms. The summed E-state index contributed by atoms with van der Waals surface area (Å²) in [6, 6.07) is 2.04. The van der Waals surface area contributed by atoms with Crippen molar-refractivity contribution in [1.29, 1.82) is 5.26 Å². The molecule has 0 radical (unpaired) electrons. The maximum absolute atomic E-state index is 12.0. The van der Waals surface area contributed by atoms with Gasteiger partial charge < -0.3 is 10.1 Å². The molecule has 0 aliphatic carbocycles. The van der Waals surface area contributed by atoms with Crippen molar-refractivity contribution in [1.82, 2.24) is 9.62 Å². The van der Waals surface area contributed by atoms with E-state index in [0.29, 0.717) is 26.1 Å². The minimum absolute atomic E-state index is 0.00360. The van der Waals surface area contributed by atoms with Gasteiger partial charge in [0.25, 0.3) is 0 Å². The van der Waals surface area contributed by atoms with Crippen LogP contribution in [0.2, 0.25) is 0 Å². The third kappa shape index (κ3) is 3.89. The Hall–Kier alpha value is -1.17. The Morgan fingerprint density at radius 1 is 1.42 bits per heavy atom. The lowest BCUT2D eigenvalue weighted by Crippen LogP contribution is -2.45. The molecule has 1 heterocycles. The molecule has 0 unspecified atom stereocenters. The van der Waals surface area contributed by atoms with Crippen LogP contribution in [0, 0.1) is 16.7 Å². The van der Waals surface area contributed by atoms with E-state index >= 15 is 0 Å². The topological polar surface area (TPSA) is 99.5 Å². The van der Waals surface area contributed by atoms with Crippen LogP contribution in [0.4, 0.5) is 0 Å². The summed E-state index contributed by atoms with van der Waals surface area (Å²) in [5, 5.41) is 11.7. The fourth-order valence-electron chi connectivity index (χ4n) is 1.75. The summed E-state index contributed by atoms with van der Waals surface area (Å²) in [6.07, 6.45) is 0.686. The zero-order valence-electron chi connectivity index (χ0n) is 11.2. The Labute approximate surface area is 113 Å². The minimum Gasteiger partial charge on any atom is -0.381 e. The van der Waals surface area contributed by atoms with Crippen molar-refractivity contribution in [2.45, 2.75) is 12.8 Å². The van der Waals surface area contributed by atoms with Gasteiger partial charge in [-0.3, -0.25) is 4.79 Å². The van der Waals surface area contributed by atoms with E-state index in [-0.39, 0.29) is 12.3 Å². The first kappa shape index (κ1) is 15.9. The predicted octanol–water partition coefficient (Wildman–Crippen LogP) is -0.686. The lowest BCUT2D eigenvalue weighted by molar-refractivity contribution is -0.132. The average Bonchev–Trinajstić information content (AvgIpc) is 2.39. The van der Waals surface area contributed by atoms with Crippen molar-refractivity contribution < 1.29 is 17.9 Å². The summed E-state index contributed by atoms with van der Waals surface area (Å²) >= 11 is 0. The van der Waals surface area contributed by atoms with Crippen LogP contribution in [0.3, 0.4) is 0 Å². The zero-order chi connectivity index (χ0) is 14.5. The van der Waals surface area contributed by atoms with E-state index in [4.69, 9.17) is 10.00 Å². The van der Waals surface area contributed by atoms with Crippen molar-refractivity contribution >= 4 is 15.9 Å². The number of rotatable bonds is 5. The molecule has 0 aromatic rings. The summed E-state index contributed by atoms with van der Waals surface area (Å²) in [7, 11) is -0.466. The highest BCUT2D eigenvalue weighted by atomic mass is 32.2. The van der Waals surface area contributed by atoms with E-state index in [2.05, 4.69) is 5.32 Å². The number of hydrogen-bond donors (Lipinski definition) is 1. The summed E-state index contributed by atoms with van der Waals surface area (Å²) < 4.78 is 29.3. The second kappa shape index (κ2) is 6.32. The molecule has 8 heteroatoms. The first-order chi connectivity index (χ1) is 8.84. The highest BCUT2D eigenvalue weighted by molar-refractivity contribution is 7.89. The van der Waals surface area contributed by atoms with Gasteiger partial charge in [0.1, 0.15) is 5.41 Å². The van der Waals surface area contributed by atoms with Gasteiger partial charge in [-0.15, -0.1) is 0 Å². The Morgan fingerprint density at radius 2 is 2.00 bits per heavy atom. The smallest absolute Gasteiger partial charge is 0.240 e. The number of ether oxygens (including phenoxy) is 1. The highest BCUT2D eigenvalue weighted by Crippen LogP contribution is 2.29. The zero-order valence-corrected chi connectivity index (χ0v) is 12.0. The van der Waals surface area contributed by atoms with Crippen molar-refractivity contribution in [3.63, 3.8) is 0 Å². The van der Waals surface area contributed by atoms with E-state index in [1.807, 2.05) is 6.07 Å². The predicted molar refractivity (Wildman–Crippen MR) is 68.6 cm³/mol. The summed E-state index contributed by atoms with van der Waals surface area (Å²) in [4.78, 5) is 12.0. The van der Waals surface area contributed by atoms with Gasteiger partial charge in [-0.2, -0.15) is 5.26 Å². The van der Waals surface area contributed by atoms with Crippen LogP contribution < -0.4 is 5.32 Å². The fourth-order valence-corrected chi connectivity index (χ4v) is 2.48.